The van der Waals surface area contributed by atoms with Crippen LogP contribution in [0.1, 0.15) is 49.9 Å². The van der Waals surface area contributed by atoms with Gasteiger partial charge < -0.3 is 19.5 Å². The summed E-state index contributed by atoms with van der Waals surface area (Å²) in [4.78, 5) is 13.7. The van der Waals surface area contributed by atoms with Gasteiger partial charge in [0.1, 0.15) is 16.5 Å². The molecule has 0 aromatic heterocycles. The number of halogens is 1. The molecule has 1 fully saturated rings. The molecule has 3 rings (SSSR count). The van der Waals surface area contributed by atoms with Gasteiger partial charge in [0, 0.05) is 32.2 Å². The Balaban J connectivity index is 2.25. The first-order chi connectivity index (χ1) is 16.8. The first-order valence-electron chi connectivity index (χ1n) is 12.0. The number of carboxylic acids is 1. The molecule has 192 valence electrons. The number of rotatable bonds is 12. The lowest BCUT2D eigenvalue weighted by Gasteiger charge is -2.31. The largest absolute Gasteiger partial charge is 0.478 e. The lowest BCUT2D eigenvalue weighted by Crippen LogP contribution is -2.41. The first-order valence-corrected chi connectivity index (χ1v) is 13.4. The first kappa shape index (κ1) is 26.9. The van der Waals surface area contributed by atoms with E-state index in [9.17, 15) is 22.7 Å². The monoisotopic (exact) mass is 508 g/mol. The standard InChI is InChI=1S/C25H33FN2O6S/c1-3-5-10-27(11-6-4-2)22-16-19(25(29)30)17-23(35(31,32)28-12-14-33-15-13-28)24(22)34-21-9-7-8-20(26)18-21/h7-9,16-18H,3-6,10-15H2,1-2H3,(H,29,30). The highest BCUT2D eigenvalue weighted by molar-refractivity contribution is 7.89. The van der Waals surface area contributed by atoms with Crippen molar-refractivity contribution in [1.82, 2.24) is 4.31 Å². The average Bonchev–Trinajstić information content (AvgIpc) is 2.84. The van der Waals surface area contributed by atoms with E-state index in [2.05, 4.69) is 0 Å². The normalized spacial score (nSPS) is 14.6. The van der Waals surface area contributed by atoms with Crippen LogP contribution in [0.15, 0.2) is 41.3 Å². The van der Waals surface area contributed by atoms with Crippen molar-refractivity contribution in [3.8, 4) is 11.5 Å². The summed E-state index contributed by atoms with van der Waals surface area (Å²) in [5.41, 5.74) is 0.208. The third kappa shape index (κ3) is 6.71. The van der Waals surface area contributed by atoms with Crippen molar-refractivity contribution >= 4 is 21.7 Å². The number of morpholine rings is 1. The minimum Gasteiger partial charge on any atom is -0.478 e. The summed E-state index contributed by atoms with van der Waals surface area (Å²) in [6.07, 6.45) is 3.46. The Morgan fingerprint density at radius 2 is 1.77 bits per heavy atom. The fourth-order valence-electron chi connectivity index (χ4n) is 3.87. The van der Waals surface area contributed by atoms with E-state index in [-0.39, 0.29) is 48.3 Å². The van der Waals surface area contributed by atoms with Crippen LogP contribution in [0.3, 0.4) is 0 Å². The van der Waals surface area contributed by atoms with Gasteiger partial charge in [-0.25, -0.2) is 17.6 Å². The molecule has 1 heterocycles. The molecular formula is C25H33FN2O6S. The molecule has 1 aliphatic heterocycles. The third-order valence-electron chi connectivity index (χ3n) is 5.79. The van der Waals surface area contributed by atoms with Crippen molar-refractivity contribution in [2.24, 2.45) is 0 Å². The third-order valence-corrected chi connectivity index (χ3v) is 7.69. The number of unbranched alkanes of at least 4 members (excludes halogenated alkanes) is 2. The van der Waals surface area contributed by atoms with Crippen LogP contribution in [0.4, 0.5) is 10.1 Å². The van der Waals surface area contributed by atoms with Crippen LogP contribution in [-0.4, -0.2) is 63.2 Å². The highest BCUT2D eigenvalue weighted by Crippen LogP contribution is 2.41. The van der Waals surface area contributed by atoms with Gasteiger partial charge >= 0.3 is 5.97 Å². The summed E-state index contributed by atoms with van der Waals surface area (Å²) in [5, 5.41) is 9.82. The van der Waals surface area contributed by atoms with Gasteiger partial charge in [-0.2, -0.15) is 4.31 Å². The molecule has 10 heteroatoms. The summed E-state index contributed by atoms with van der Waals surface area (Å²) in [6, 6.07) is 8.01. The summed E-state index contributed by atoms with van der Waals surface area (Å²) in [7, 11) is -4.13. The molecule has 0 bridgehead atoms. The molecule has 1 N–H and O–H groups in total. The molecule has 8 nitrogen and oxygen atoms in total. The highest BCUT2D eigenvalue weighted by atomic mass is 32.2. The maximum Gasteiger partial charge on any atom is 0.335 e. The highest BCUT2D eigenvalue weighted by Gasteiger charge is 2.33. The van der Waals surface area contributed by atoms with Crippen LogP contribution >= 0.6 is 0 Å². The van der Waals surface area contributed by atoms with E-state index in [1.165, 1.54) is 34.6 Å². The number of benzene rings is 2. The van der Waals surface area contributed by atoms with Crippen molar-refractivity contribution in [2.45, 2.75) is 44.4 Å². The molecule has 0 radical (unpaired) electrons. The minimum atomic E-state index is -4.13. The zero-order valence-electron chi connectivity index (χ0n) is 20.2. The van der Waals surface area contributed by atoms with Gasteiger partial charge in [-0.05, 0) is 37.1 Å². The van der Waals surface area contributed by atoms with Crippen LogP contribution in [0, 0.1) is 5.82 Å². The molecule has 0 amide bonds. The molecule has 0 aliphatic carbocycles. The molecule has 0 atom stereocenters. The number of hydrogen-bond acceptors (Lipinski definition) is 6. The molecule has 1 saturated heterocycles. The average molecular weight is 509 g/mol. The molecule has 2 aromatic rings. The topological polar surface area (TPSA) is 96.4 Å². The molecule has 1 aliphatic rings. The van der Waals surface area contributed by atoms with Crippen LogP contribution < -0.4 is 9.64 Å². The number of sulfonamides is 1. The van der Waals surface area contributed by atoms with Gasteiger partial charge in [0.2, 0.25) is 10.0 Å². The number of aromatic carboxylic acids is 1. The Labute approximate surface area is 206 Å². The Hall–Kier alpha value is -2.69. The van der Waals surface area contributed by atoms with Crippen molar-refractivity contribution in [3.63, 3.8) is 0 Å². The summed E-state index contributed by atoms with van der Waals surface area (Å²) in [6.45, 7) is 6.04. The smallest absolute Gasteiger partial charge is 0.335 e. The van der Waals surface area contributed by atoms with Gasteiger partial charge in [0.05, 0.1) is 24.5 Å². The summed E-state index contributed by atoms with van der Waals surface area (Å²) < 4.78 is 54.1. The Kier molecular flexibility index (Phi) is 9.47. The van der Waals surface area contributed by atoms with Crippen LogP contribution in [0.5, 0.6) is 11.5 Å². The maximum absolute atomic E-state index is 13.9. The zero-order chi connectivity index (χ0) is 25.4. The molecule has 35 heavy (non-hydrogen) atoms. The molecular weight excluding hydrogens is 475 g/mol. The number of ether oxygens (including phenoxy) is 2. The van der Waals surface area contributed by atoms with Crippen molar-refractivity contribution in [2.75, 3.05) is 44.3 Å². The van der Waals surface area contributed by atoms with Crippen molar-refractivity contribution in [1.29, 1.82) is 0 Å². The lowest BCUT2D eigenvalue weighted by atomic mass is 10.1. The van der Waals surface area contributed by atoms with Gasteiger partial charge in [-0.15, -0.1) is 0 Å². The predicted octanol–water partition coefficient (Wildman–Crippen LogP) is 4.74. The Morgan fingerprint density at radius 1 is 1.11 bits per heavy atom. The molecule has 2 aromatic carbocycles. The van der Waals surface area contributed by atoms with E-state index in [4.69, 9.17) is 9.47 Å². The quantitative estimate of drug-likeness (QED) is 0.442. The van der Waals surface area contributed by atoms with Gasteiger partial charge in [0.25, 0.3) is 0 Å². The summed E-state index contributed by atoms with van der Waals surface area (Å²) >= 11 is 0. The number of carbonyl (C=O) groups is 1. The molecule has 0 saturated carbocycles. The van der Waals surface area contributed by atoms with Gasteiger partial charge in [-0.3, -0.25) is 0 Å². The predicted molar refractivity (Wildman–Crippen MR) is 131 cm³/mol. The van der Waals surface area contributed by atoms with Crippen LogP contribution in [-0.2, 0) is 14.8 Å². The van der Waals surface area contributed by atoms with E-state index in [0.29, 0.717) is 18.8 Å². The molecule has 0 unspecified atom stereocenters. The summed E-state index contributed by atoms with van der Waals surface area (Å²) in [5.74, 6) is -1.65. The second-order valence-electron chi connectivity index (χ2n) is 8.40. The van der Waals surface area contributed by atoms with Gasteiger partial charge in [0.15, 0.2) is 5.75 Å². The fourth-order valence-corrected chi connectivity index (χ4v) is 5.43. The van der Waals surface area contributed by atoms with E-state index in [1.54, 1.807) is 0 Å². The second-order valence-corrected chi connectivity index (χ2v) is 10.3. The second kappa shape index (κ2) is 12.3. The number of anilines is 1. The van der Waals surface area contributed by atoms with Crippen LogP contribution in [0.25, 0.3) is 0 Å². The lowest BCUT2D eigenvalue weighted by molar-refractivity contribution is 0.0696. The number of carboxylic acid groups (broad SMARTS) is 1. The van der Waals surface area contributed by atoms with E-state index in [1.807, 2.05) is 18.7 Å². The fraction of sp³-hybridized carbons (Fsp3) is 0.480. The van der Waals surface area contributed by atoms with Gasteiger partial charge in [-0.1, -0.05) is 32.8 Å². The van der Waals surface area contributed by atoms with E-state index in [0.717, 1.165) is 31.7 Å². The molecule has 0 spiro atoms. The Bertz CT molecular complexity index is 1110. The number of hydrogen-bond donors (Lipinski definition) is 1. The van der Waals surface area contributed by atoms with E-state index < -0.39 is 21.8 Å². The van der Waals surface area contributed by atoms with Crippen LogP contribution in [0.2, 0.25) is 0 Å². The SMILES string of the molecule is CCCCN(CCCC)c1cc(C(=O)O)cc(S(=O)(=O)N2CCOCC2)c1Oc1cccc(F)c1. The minimum absolute atomic E-state index is 0.000650. The Morgan fingerprint density at radius 3 is 2.34 bits per heavy atom. The zero-order valence-corrected chi connectivity index (χ0v) is 21.0. The van der Waals surface area contributed by atoms with Crippen molar-refractivity contribution in [3.05, 3.63) is 47.8 Å². The number of nitrogens with zero attached hydrogens (tertiary/aromatic N) is 2. The van der Waals surface area contributed by atoms with Crippen molar-refractivity contribution < 1.29 is 32.2 Å². The van der Waals surface area contributed by atoms with E-state index >= 15 is 0 Å². The maximum atomic E-state index is 13.9.